The van der Waals surface area contributed by atoms with Crippen LogP contribution in [0.15, 0.2) is 18.3 Å². The van der Waals surface area contributed by atoms with E-state index in [2.05, 4.69) is 0 Å². The summed E-state index contributed by atoms with van der Waals surface area (Å²) in [6.45, 7) is 0. The molecule has 18 heavy (non-hydrogen) atoms. The van der Waals surface area contributed by atoms with Gasteiger partial charge < -0.3 is 4.57 Å². The molecule has 0 saturated heterocycles. The second-order valence-electron chi connectivity index (χ2n) is 3.29. The number of halogens is 5. The van der Waals surface area contributed by atoms with E-state index < -0.39 is 34.8 Å². The number of hydrogen-bond donors (Lipinski definition) is 0. The van der Waals surface area contributed by atoms with Gasteiger partial charge in [-0.2, -0.15) is 5.26 Å². The van der Waals surface area contributed by atoms with Crippen LogP contribution in [0.4, 0.5) is 22.0 Å². The Kier molecular flexibility index (Phi) is 2.79. The van der Waals surface area contributed by atoms with Crippen molar-refractivity contribution in [2.75, 3.05) is 0 Å². The van der Waals surface area contributed by atoms with Crippen molar-refractivity contribution in [3.8, 4) is 11.8 Å². The van der Waals surface area contributed by atoms with Gasteiger partial charge in [-0.3, -0.25) is 0 Å². The molecule has 1 heterocycles. The van der Waals surface area contributed by atoms with Crippen molar-refractivity contribution >= 4 is 0 Å². The van der Waals surface area contributed by atoms with Gasteiger partial charge in [0.15, 0.2) is 23.3 Å². The molecule has 0 spiro atoms. The van der Waals surface area contributed by atoms with Gasteiger partial charge in [0.1, 0.15) is 17.5 Å². The monoisotopic (exact) mass is 258 g/mol. The summed E-state index contributed by atoms with van der Waals surface area (Å²) in [5.41, 5.74) is -1.42. The number of benzene rings is 1. The molecule has 0 fully saturated rings. The van der Waals surface area contributed by atoms with Crippen LogP contribution in [0.5, 0.6) is 0 Å². The van der Waals surface area contributed by atoms with E-state index in [1.165, 1.54) is 12.1 Å². The Morgan fingerprint density at radius 2 is 1.39 bits per heavy atom. The zero-order valence-corrected chi connectivity index (χ0v) is 8.52. The molecule has 2 rings (SSSR count). The first-order valence-corrected chi connectivity index (χ1v) is 4.58. The van der Waals surface area contributed by atoms with Crippen LogP contribution in [0.2, 0.25) is 0 Å². The molecule has 0 amide bonds. The lowest BCUT2D eigenvalue weighted by Gasteiger charge is -2.09. The lowest BCUT2D eigenvalue weighted by atomic mass is 10.2. The molecule has 2 aromatic rings. The second-order valence-corrected chi connectivity index (χ2v) is 3.29. The Bertz CT molecular complexity index is 640. The summed E-state index contributed by atoms with van der Waals surface area (Å²) in [6.07, 6.45) is 1.02. The van der Waals surface area contributed by atoms with Crippen LogP contribution in [-0.2, 0) is 0 Å². The second kappa shape index (κ2) is 4.14. The minimum Gasteiger partial charge on any atom is -0.303 e. The Morgan fingerprint density at radius 1 is 0.889 bits per heavy atom. The predicted octanol–water partition coefficient (Wildman–Crippen LogP) is 3.04. The maximum atomic E-state index is 13.4. The topological polar surface area (TPSA) is 28.7 Å². The highest BCUT2D eigenvalue weighted by molar-refractivity contribution is 5.42. The predicted molar refractivity (Wildman–Crippen MR) is 50.3 cm³/mol. The fourth-order valence-corrected chi connectivity index (χ4v) is 1.47. The minimum absolute atomic E-state index is 0.252. The minimum atomic E-state index is -2.24. The Balaban J connectivity index is 2.85. The summed E-state index contributed by atoms with van der Waals surface area (Å²) >= 11 is 0. The van der Waals surface area contributed by atoms with Gasteiger partial charge in [-0.25, -0.2) is 22.0 Å². The molecule has 0 aliphatic heterocycles. The van der Waals surface area contributed by atoms with Crippen LogP contribution in [-0.4, -0.2) is 4.57 Å². The van der Waals surface area contributed by atoms with E-state index in [1.807, 2.05) is 0 Å². The summed E-state index contributed by atoms with van der Waals surface area (Å²) in [4.78, 5) is 0. The molecule has 1 aromatic heterocycles. The summed E-state index contributed by atoms with van der Waals surface area (Å²) < 4.78 is 66.2. The van der Waals surface area contributed by atoms with Gasteiger partial charge >= 0.3 is 0 Å². The first-order chi connectivity index (χ1) is 8.49. The number of nitrogens with zero attached hydrogens (tertiary/aromatic N) is 2. The molecular formula is C11H3F5N2. The van der Waals surface area contributed by atoms with Gasteiger partial charge in [-0.15, -0.1) is 0 Å². The van der Waals surface area contributed by atoms with Gasteiger partial charge in [0.05, 0.1) is 0 Å². The molecule has 0 radical (unpaired) electrons. The van der Waals surface area contributed by atoms with Crippen LogP contribution in [0.3, 0.4) is 0 Å². The fraction of sp³-hybridized carbons (Fsp3) is 0. The van der Waals surface area contributed by atoms with Crippen molar-refractivity contribution < 1.29 is 22.0 Å². The van der Waals surface area contributed by atoms with E-state index in [0.717, 1.165) is 6.20 Å². The van der Waals surface area contributed by atoms with Crippen LogP contribution >= 0.6 is 0 Å². The first-order valence-electron chi connectivity index (χ1n) is 4.58. The van der Waals surface area contributed by atoms with Crippen molar-refractivity contribution in [2.24, 2.45) is 0 Å². The lowest BCUT2D eigenvalue weighted by Crippen LogP contribution is -2.10. The molecule has 0 aliphatic rings. The van der Waals surface area contributed by atoms with Gasteiger partial charge in [-0.1, -0.05) is 0 Å². The molecular weight excluding hydrogens is 255 g/mol. The maximum Gasteiger partial charge on any atom is 0.200 e. The standard InChI is InChI=1S/C11H3F5N2/c12-6-7(13)9(15)11(10(16)8(6)14)18-3-1-2-5(18)4-17/h1-3H. The average Bonchev–Trinajstić information content (AvgIpc) is 2.82. The third-order valence-corrected chi connectivity index (χ3v) is 2.29. The number of aromatic nitrogens is 1. The quantitative estimate of drug-likeness (QED) is 0.439. The molecule has 0 unspecified atom stereocenters. The summed E-state index contributed by atoms with van der Waals surface area (Å²) in [7, 11) is 0. The largest absolute Gasteiger partial charge is 0.303 e. The van der Waals surface area contributed by atoms with E-state index in [4.69, 9.17) is 5.26 Å². The molecule has 0 saturated carbocycles. The third-order valence-electron chi connectivity index (χ3n) is 2.29. The van der Waals surface area contributed by atoms with E-state index in [0.29, 0.717) is 4.57 Å². The highest BCUT2D eigenvalue weighted by Gasteiger charge is 2.27. The number of hydrogen-bond acceptors (Lipinski definition) is 1. The van der Waals surface area contributed by atoms with Gasteiger partial charge in [0.2, 0.25) is 5.82 Å². The number of rotatable bonds is 1. The average molecular weight is 258 g/mol. The maximum absolute atomic E-state index is 13.4. The molecule has 2 nitrogen and oxygen atoms in total. The fourth-order valence-electron chi connectivity index (χ4n) is 1.47. The van der Waals surface area contributed by atoms with Crippen molar-refractivity contribution in [3.05, 3.63) is 53.1 Å². The van der Waals surface area contributed by atoms with E-state index in [1.54, 1.807) is 6.07 Å². The Hall–Kier alpha value is -2.36. The van der Waals surface area contributed by atoms with E-state index in [-0.39, 0.29) is 5.69 Å². The van der Waals surface area contributed by atoms with Crippen molar-refractivity contribution in [1.29, 1.82) is 5.26 Å². The summed E-state index contributed by atoms with van der Waals surface area (Å²) in [5, 5.41) is 8.67. The molecule has 0 atom stereocenters. The lowest BCUT2D eigenvalue weighted by molar-refractivity contribution is 0.375. The SMILES string of the molecule is N#Cc1cccn1-c1c(F)c(F)c(F)c(F)c1F. The Labute approximate surface area is 97.5 Å². The van der Waals surface area contributed by atoms with Crippen molar-refractivity contribution in [3.63, 3.8) is 0 Å². The van der Waals surface area contributed by atoms with Gasteiger partial charge in [-0.05, 0) is 12.1 Å². The molecule has 0 aliphatic carbocycles. The van der Waals surface area contributed by atoms with Crippen LogP contribution < -0.4 is 0 Å². The molecule has 7 heteroatoms. The normalized spacial score (nSPS) is 10.4. The summed E-state index contributed by atoms with van der Waals surface area (Å²) in [6, 6.07) is 4.00. The molecule has 0 N–H and O–H groups in total. The van der Waals surface area contributed by atoms with Gasteiger partial charge in [0.25, 0.3) is 0 Å². The van der Waals surface area contributed by atoms with Crippen molar-refractivity contribution in [1.82, 2.24) is 4.57 Å². The number of nitriles is 1. The van der Waals surface area contributed by atoms with E-state index >= 15 is 0 Å². The smallest absolute Gasteiger partial charge is 0.200 e. The van der Waals surface area contributed by atoms with Crippen molar-refractivity contribution in [2.45, 2.75) is 0 Å². The molecule has 1 aromatic carbocycles. The highest BCUT2D eigenvalue weighted by atomic mass is 19.2. The zero-order valence-electron chi connectivity index (χ0n) is 8.52. The molecule has 92 valence electrons. The highest BCUT2D eigenvalue weighted by Crippen LogP contribution is 2.27. The summed E-state index contributed by atoms with van der Waals surface area (Å²) in [5.74, 6) is -10.3. The van der Waals surface area contributed by atoms with Gasteiger partial charge in [0, 0.05) is 6.20 Å². The zero-order chi connectivity index (χ0) is 13.4. The van der Waals surface area contributed by atoms with Crippen LogP contribution in [0, 0.1) is 40.4 Å². The van der Waals surface area contributed by atoms with Crippen LogP contribution in [0.1, 0.15) is 5.69 Å². The first kappa shape index (κ1) is 12.1. The van der Waals surface area contributed by atoms with E-state index in [9.17, 15) is 22.0 Å². The molecule has 0 bridgehead atoms. The van der Waals surface area contributed by atoms with Crippen LogP contribution in [0.25, 0.3) is 5.69 Å². The Morgan fingerprint density at radius 3 is 1.89 bits per heavy atom. The third kappa shape index (κ3) is 1.54.